The zero-order valence-electron chi connectivity index (χ0n) is 7.86. The van der Waals surface area contributed by atoms with E-state index in [0.717, 1.165) is 0 Å². The largest absolute Gasteiger partial charge is 0.328 e. The highest BCUT2D eigenvalue weighted by molar-refractivity contribution is 7.99. The van der Waals surface area contributed by atoms with Gasteiger partial charge >= 0.3 is 0 Å². The van der Waals surface area contributed by atoms with Gasteiger partial charge in [-0.3, -0.25) is 14.6 Å². The van der Waals surface area contributed by atoms with E-state index >= 15 is 0 Å². The van der Waals surface area contributed by atoms with Crippen molar-refractivity contribution in [2.45, 2.75) is 9.92 Å². The van der Waals surface area contributed by atoms with Crippen molar-refractivity contribution < 1.29 is 0 Å². The SMILES string of the molecule is O=c1cncc(Sc2cc[nH]c(=O)c2Cl)[nH]1. The van der Waals surface area contributed by atoms with Crippen LogP contribution < -0.4 is 11.1 Å². The third-order valence-corrected chi connectivity index (χ3v) is 3.19. The van der Waals surface area contributed by atoms with Crippen LogP contribution in [-0.4, -0.2) is 15.0 Å². The van der Waals surface area contributed by atoms with Crippen molar-refractivity contribution in [3.63, 3.8) is 0 Å². The molecule has 5 nitrogen and oxygen atoms in total. The fourth-order valence-electron chi connectivity index (χ4n) is 1.05. The Bertz CT molecular complexity index is 622. The van der Waals surface area contributed by atoms with Crippen LogP contribution >= 0.6 is 23.4 Å². The molecule has 16 heavy (non-hydrogen) atoms. The number of H-pyrrole nitrogens is 2. The average molecular weight is 256 g/mol. The minimum absolute atomic E-state index is 0.0946. The monoisotopic (exact) mass is 255 g/mol. The Labute approximate surface area is 98.9 Å². The summed E-state index contributed by atoms with van der Waals surface area (Å²) < 4.78 is 0. The molecule has 0 spiro atoms. The molecule has 0 atom stereocenters. The van der Waals surface area contributed by atoms with Crippen molar-refractivity contribution in [1.82, 2.24) is 15.0 Å². The molecule has 2 N–H and O–H groups in total. The van der Waals surface area contributed by atoms with Gasteiger partial charge < -0.3 is 9.97 Å². The van der Waals surface area contributed by atoms with Crippen LogP contribution in [0.5, 0.6) is 0 Å². The summed E-state index contributed by atoms with van der Waals surface area (Å²) in [5, 5.41) is 0.622. The second-order valence-electron chi connectivity index (χ2n) is 2.85. The highest BCUT2D eigenvalue weighted by Crippen LogP contribution is 2.28. The van der Waals surface area contributed by atoms with Crippen molar-refractivity contribution >= 4 is 23.4 Å². The summed E-state index contributed by atoms with van der Waals surface area (Å²) in [5.74, 6) is 0. The lowest BCUT2D eigenvalue weighted by molar-refractivity contribution is 1.01. The Balaban J connectivity index is 2.38. The Morgan fingerprint density at radius 2 is 2.12 bits per heavy atom. The Morgan fingerprint density at radius 1 is 1.31 bits per heavy atom. The smallest absolute Gasteiger partial charge is 0.267 e. The molecule has 2 aromatic heterocycles. The van der Waals surface area contributed by atoms with Crippen LogP contribution in [0.3, 0.4) is 0 Å². The van der Waals surface area contributed by atoms with E-state index in [2.05, 4.69) is 15.0 Å². The number of hydrogen-bond acceptors (Lipinski definition) is 4. The molecule has 0 radical (unpaired) electrons. The molecule has 82 valence electrons. The zero-order valence-corrected chi connectivity index (χ0v) is 9.43. The molecular formula is C9H6ClN3O2S. The van der Waals surface area contributed by atoms with Crippen molar-refractivity contribution in [2.24, 2.45) is 0 Å². The van der Waals surface area contributed by atoms with Gasteiger partial charge in [-0.2, -0.15) is 0 Å². The van der Waals surface area contributed by atoms with E-state index in [0.29, 0.717) is 9.92 Å². The Hall–Kier alpha value is -1.53. The maximum Gasteiger partial charge on any atom is 0.267 e. The van der Waals surface area contributed by atoms with Gasteiger partial charge in [-0.15, -0.1) is 0 Å². The molecule has 0 saturated heterocycles. The molecule has 0 amide bonds. The summed E-state index contributed by atoms with van der Waals surface area (Å²) in [6.45, 7) is 0. The van der Waals surface area contributed by atoms with Gasteiger partial charge in [0.25, 0.3) is 11.1 Å². The molecule has 2 aromatic rings. The van der Waals surface area contributed by atoms with E-state index in [1.54, 1.807) is 6.07 Å². The first kappa shape index (κ1) is 11.0. The van der Waals surface area contributed by atoms with Gasteiger partial charge in [0.05, 0.1) is 17.4 Å². The number of rotatable bonds is 2. The third-order valence-electron chi connectivity index (χ3n) is 1.71. The number of nitrogens with one attached hydrogen (secondary N) is 2. The maximum atomic E-state index is 11.2. The average Bonchev–Trinajstić information content (AvgIpc) is 2.25. The van der Waals surface area contributed by atoms with Gasteiger partial charge in [0.2, 0.25) is 0 Å². The quantitative estimate of drug-likeness (QED) is 0.847. The van der Waals surface area contributed by atoms with Gasteiger partial charge in [-0.05, 0) is 6.07 Å². The lowest BCUT2D eigenvalue weighted by Gasteiger charge is -2.01. The highest BCUT2D eigenvalue weighted by Gasteiger charge is 2.06. The van der Waals surface area contributed by atoms with Gasteiger partial charge in [0.15, 0.2) is 0 Å². The van der Waals surface area contributed by atoms with Gasteiger partial charge in [0, 0.05) is 11.1 Å². The molecule has 0 saturated carbocycles. The first-order valence-electron chi connectivity index (χ1n) is 4.26. The van der Waals surface area contributed by atoms with Crippen molar-refractivity contribution in [1.29, 1.82) is 0 Å². The fraction of sp³-hybridized carbons (Fsp3) is 0. The first-order valence-corrected chi connectivity index (χ1v) is 5.45. The summed E-state index contributed by atoms with van der Waals surface area (Å²) in [7, 11) is 0. The predicted octanol–water partition coefficient (Wildman–Crippen LogP) is 1.26. The van der Waals surface area contributed by atoms with E-state index in [9.17, 15) is 9.59 Å². The number of aromatic nitrogens is 3. The van der Waals surface area contributed by atoms with E-state index in [1.807, 2.05) is 0 Å². The van der Waals surface area contributed by atoms with Gasteiger partial charge in [-0.25, -0.2) is 0 Å². The summed E-state index contributed by atoms with van der Waals surface area (Å²) in [5.41, 5.74) is -0.663. The molecule has 2 rings (SSSR count). The first-order chi connectivity index (χ1) is 7.66. The van der Waals surface area contributed by atoms with Crippen LogP contribution in [-0.2, 0) is 0 Å². The summed E-state index contributed by atoms with van der Waals surface area (Å²) >= 11 is 6.98. The number of pyridine rings is 1. The predicted molar refractivity (Wildman–Crippen MR) is 61.1 cm³/mol. The van der Waals surface area contributed by atoms with Crippen molar-refractivity contribution in [2.75, 3.05) is 0 Å². The molecule has 7 heteroatoms. The van der Waals surface area contributed by atoms with E-state index in [-0.39, 0.29) is 16.1 Å². The van der Waals surface area contributed by atoms with E-state index in [4.69, 9.17) is 11.6 Å². The molecule has 0 fully saturated rings. The zero-order chi connectivity index (χ0) is 11.5. The van der Waals surface area contributed by atoms with Crippen LogP contribution in [0.15, 0.2) is 44.2 Å². The molecule has 0 bridgehead atoms. The van der Waals surface area contributed by atoms with Crippen LogP contribution in [0.25, 0.3) is 0 Å². The van der Waals surface area contributed by atoms with Crippen molar-refractivity contribution in [3.8, 4) is 0 Å². The normalized spacial score (nSPS) is 10.3. The highest BCUT2D eigenvalue weighted by atomic mass is 35.5. The summed E-state index contributed by atoms with van der Waals surface area (Å²) in [6.07, 6.45) is 4.15. The van der Waals surface area contributed by atoms with Crippen LogP contribution in [0, 0.1) is 0 Å². The molecule has 2 heterocycles. The number of nitrogens with zero attached hydrogens (tertiary/aromatic N) is 1. The van der Waals surface area contributed by atoms with Crippen LogP contribution in [0.2, 0.25) is 5.02 Å². The standard InChI is InChI=1S/C9H6ClN3O2S/c10-8-5(1-2-12-9(8)15)16-7-4-11-3-6(14)13-7/h1-4H,(H,12,15)(H,13,14). The molecule has 0 aliphatic heterocycles. The molecule has 0 aliphatic carbocycles. The van der Waals surface area contributed by atoms with E-state index in [1.165, 1.54) is 30.4 Å². The minimum atomic E-state index is -0.363. The van der Waals surface area contributed by atoms with Gasteiger partial charge in [0.1, 0.15) is 5.02 Å². The second kappa shape index (κ2) is 4.54. The number of hydrogen-bond donors (Lipinski definition) is 2. The fourth-order valence-corrected chi connectivity index (χ4v) is 2.10. The van der Waals surface area contributed by atoms with Crippen LogP contribution in [0.1, 0.15) is 0 Å². The number of halogens is 1. The molecule has 0 aliphatic rings. The van der Waals surface area contributed by atoms with E-state index < -0.39 is 0 Å². The minimum Gasteiger partial charge on any atom is -0.328 e. The van der Waals surface area contributed by atoms with Gasteiger partial charge in [-0.1, -0.05) is 23.4 Å². The lowest BCUT2D eigenvalue weighted by Crippen LogP contribution is -2.07. The summed E-state index contributed by atoms with van der Waals surface area (Å²) in [6, 6.07) is 1.65. The van der Waals surface area contributed by atoms with Crippen LogP contribution in [0.4, 0.5) is 0 Å². The topological polar surface area (TPSA) is 78.6 Å². The Kier molecular flexibility index (Phi) is 3.12. The maximum absolute atomic E-state index is 11.2. The van der Waals surface area contributed by atoms with Crippen molar-refractivity contribution in [3.05, 3.63) is 50.4 Å². The molecule has 0 aromatic carbocycles. The third kappa shape index (κ3) is 2.34. The second-order valence-corrected chi connectivity index (χ2v) is 4.31. The lowest BCUT2D eigenvalue weighted by atomic mass is 10.5. The number of aromatic amines is 2. The molecule has 0 unspecified atom stereocenters. The Morgan fingerprint density at radius 3 is 2.88 bits per heavy atom. The summed E-state index contributed by atoms with van der Waals surface area (Å²) in [4.78, 5) is 31.5. The molecular weight excluding hydrogens is 250 g/mol.